The molecule has 1 fully saturated rings. The molecule has 110 valence electrons. The lowest BCUT2D eigenvalue weighted by Crippen LogP contribution is -2.30. The third-order valence-electron chi connectivity index (χ3n) is 3.88. The molecule has 0 aromatic heterocycles. The van der Waals surface area contributed by atoms with Crippen LogP contribution in [0.15, 0.2) is 11.8 Å². The van der Waals surface area contributed by atoms with Crippen LogP contribution in [0.4, 0.5) is 13.2 Å². The van der Waals surface area contributed by atoms with Crippen molar-refractivity contribution in [3.8, 4) is 0 Å². The minimum atomic E-state index is -4.57. The van der Waals surface area contributed by atoms with Gasteiger partial charge in [-0.3, -0.25) is 5.41 Å². The van der Waals surface area contributed by atoms with Crippen LogP contribution < -0.4 is 5.32 Å². The number of hydrogen-bond acceptors (Lipinski definition) is 2. The molecule has 0 radical (unpaired) electrons. The van der Waals surface area contributed by atoms with E-state index in [1.807, 2.05) is 13.8 Å². The topological polar surface area (TPSA) is 35.9 Å². The van der Waals surface area contributed by atoms with Gasteiger partial charge in [-0.2, -0.15) is 13.2 Å². The molecule has 2 atom stereocenters. The minimum Gasteiger partial charge on any atom is -0.385 e. The summed E-state index contributed by atoms with van der Waals surface area (Å²) in [5.74, 6) is 1.13. The van der Waals surface area contributed by atoms with Crippen LogP contribution in [-0.4, -0.2) is 17.9 Å². The Morgan fingerprint density at radius 2 is 1.68 bits per heavy atom. The molecule has 0 aromatic carbocycles. The summed E-state index contributed by atoms with van der Waals surface area (Å²) in [6, 6.07) is 0.222. The van der Waals surface area contributed by atoms with E-state index in [1.165, 1.54) is 0 Å². The van der Waals surface area contributed by atoms with E-state index < -0.39 is 11.9 Å². The summed E-state index contributed by atoms with van der Waals surface area (Å²) in [5.41, 5.74) is -0.781. The summed E-state index contributed by atoms with van der Waals surface area (Å²) in [5, 5.41) is 10.3. The number of nitrogens with one attached hydrogen (secondary N) is 2. The van der Waals surface area contributed by atoms with E-state index in [0.717, 1.165) is 18.9 Å². The normalized spacial score (nSPS) is 28.8. The van der Waals surface area contributed by atoms with Gasteiger partial charge in [0, 0.05) is 11.7 Å². The van der Waals surface area contributed by atoms with E-state index in [4.69, 9.17) is 5.41 Å². The maximum absolute atomic E-state index is 12.4. The fourth-order valence-corrected chi connectivity index (χ4v) is 2.42. The average molecular weight is 276 g/mol. The van der Waals surface area contributed by atoms with Crippen LogP contribution in [0.25, 0.3) is 0 Å². The highest BCUT2D eigenvalue weighted by Gasteiger charge is 2.34. The summed E-state index contributed by atoms with van der Waals surface area (Å²) in [7, 11) is 0. The van der Waals surface area contributed by atoms with Gasteiger partial charge in [0.05, 0.1) is 0 Å². The highest BCUT2D eigenvalue weighted by atomic mass is 19.4. The largest absolute Gasteiger partial charge is 0.432 e. The van der Waals surface area contributed by atoms with Crippen LogP contribution >= 0.6 is 0 Å². The smallest absolute Gasteiger partial charge is 0.385 e. The Balaban J connectivity index is 2.75. The molecule has 1 aliphatic rings. The molecular formula is C14H23F3N2. The summed E-state index contributed by atoms with van der Waals surface area (Å²) >= 11 is 0. The fourth-order valence-electron chi connectivity index (χ4n) is 2.42. The molecule has 19 heavy (non-hydrogen) atoms. The summed E-state index contributed by atoms with van der Waals surface area (Å²) in [6.07, 6.45) is -1.69. The summed E-state index contributed by atoms with van der Waals surface area (Å²) < 4.78 is 37.2. The van der Waals surface area contributed by atoms with Crippen molar-refractivity contribution in [1.29, 1.82) is 5.41 Å². The van der Waals surface area contributed by atoms with Crippen molar-refractivity contribution in [2.75, 3.05) is 0 Å². The summed E-state index contributed by atoms with van der Waals surface area (Å²) in [6.45, 7) is 8.01. The van der Waals surface area contributed by atoms with Gasteiger partial charge in [-0.15, -0.1) is 0 Å². The molecular weight excluding hydrogens is 253 g/mol. The van der Waals surface area contributed by atoms with Gasteiger partial charge in [-0.25, -0.2) is 0 Å². The van der Waals surface area contributed by atoms with Gasteiger partial charge >= 0.3 is 6.18 Å². The van der Waals surface area contributed by atoms with Crippen molar-refractivity contribution in [2.45, 2.75) is 52.8 Å². The fraction of sp³-hybridized carbons (Fsp3) is 0.786. The number of rotatable bonds is 4. The zero-order valence-corrected chi connectivity index (χ0v) is 11.9. The van der Waals surface area contributed by atoms with Gasteiger partial charge in [-0.05, 0) is 36.7 Å². The molecule has 5 heteroatoms. The molecule has 1 aliphatic carbocycles. The molecule has 0 bridgehead atoms. The zero-order valence-electron chi connectivity index (χ0n) is 11.9. The Morgan fingerprint density at radius 3 is 2.05 bits per heavy atom. The number of allylic oxidation sites excluding steroid dienone is 2. The minimum absolute atomic E-state index is 0.0473. The van der Waals surface area contributed by atoms with Gasteiger partial charge < -0.3 is 5.32 Å². The SMILES string of the molecule is CC(C)/C(=C/C(=N)C(F)(F)F)NC1CC(C)C(C)C1. The van der Waals surface area contributed by atoms with Crippen molar-refractivity contribution < 1.29 is 13.2 Å². The molecule has 0 aromatic rings. The third kappa shape index (κ3) is 4.55. The van der Waals surface area contributed by atoms with E-state index in [0.29, 0.717) is 17.5 Å². The highest BCUT2D eigenvalue weighted by molar-refractivity contribution is 5.97. The average Bonchev–Trinajstić information content (AvgIpc) is 2.55. The van der Waals surface area contributed by atoms with E-state index in [2.05, 4.69) is 19.2 Å². The Kier molecular flexibility index (Phi) is 5.04. The Morgan fingerprint density at radius 1 is 1.21 bits per heavy atom. The molecule has 2 unspecified atom stereocenters. The second-order valence-corrected chi connectivity index (χ2v) is 5.93. The second kappa shape index (κ2) is 5.97. The number of halogens is 3. The van der Waals surface area contributed by atoms with Crippen LogP contribution in [0.5, 0.6) is 0 Å². The van der Waals surface area contributed by atoms with Gasteiger partial charge in [0.2, 0.25) is 0 Å². The highest BCUT2D eigenvalue weighted by Crippen LogP contribution is 2.32. The molecule has 1 saturated carbocycles. The van der Waals surface area contributed by atoms with Crippen molar-refractivity contribution in [3.63, 3.8) is 0 Å². The third-order valence-corrected chi connectivity index (χ3v) is 3.88. The molecule has 2 nitrogen and oxygen atoms in total. The number of alkyl halides is 3. The lowest BCUT2D eigenvalue weighted by atomic mass is 10.0. The molecule has 0 spiro atoms. The molecule has 2 N–H and O–H groups in total. The first-order chi connectivity index (χ1) is 8.61. The van der Waals surface area contributed by atoms with Gasteiger partial charge in [0.25, 0.3) is 0 Å². The summed E-state index contributed by atoms with van der Waals surface area (Å²) in [4.78, 5) is 0. The van der Waals surface area contributed by atoms with Crippen LogP contribution in [0, 0.1) is 23.2 Å². The van der Waals surface area contributed by atoms with E-state index in [-0.39, 0.29) is 12.0 Å². The maximum Gasteiger partial charge on any atom is 0.432 e. The first-order valence-electron chi connectivity index (χ1n) is 6.75. The first kappa shape index (κ1) is 16.1. The van der Waals surface area contributed by atoms with Gasteiger partial charge in [-0.1, -0.05) is 27.7 Å². The predicted octanol–water partition coefficient (Wildman–Crippen LogP) is 4.13. The molecule has 0 saturated heterocycles. The standard InChI is InChI=1S/C14H23F3N2/c1-8(2)12(7-13(18)14(15,16)17)19-11-5-9(3)10(4)6-11/h7-11,18-19H,5-6H2,1-4H3/b12-7-,18-13?. The Labute approximate surface area is 113 Å². The maximum atomic E-state index is 12.4. The van der Waals surface area contributed by atoms with E-state index >= 15 is 0 Å². The predicted molar refractivity (Wildman–Crippen MR) is 71.2 cm³/mol. The van der Waals surface area contributed by atoms with Gasteiger partial charge in [0.15, 0.2) is 0 Å². The lowest BCUT2D eigenvalue weighted by molar-refractivity contribution is -0.0584. The Hall–Kier alpha value is -1.00. The first-order valence-corrected chi connectivity index (χ1v) is 6.75. The lowest BCUT2D eigenvalue weighted by Gasteiger charge is -2.21. The molecule has 0 aliphatic heterocycles. The number of hydrogen-bond donors (Lipinski definition) is 2. The zero-order chi connectivity index (χ0) is 14.8. The van der Waals surface area contributed by atoms with Crippen molar-refractivity contribution in [2.24, 2.45) is 17.8 Å². The second-order valence-electron chi connectivity index (χ2n) is 5.93. The van der Waals surface area contributed by atoms with Crippen molar-refractivity contribution >= 4 is 5.71 Å². The molecule has 1 rings (SSSR count). The van der Waals surface area contributed by atoms with Crippen LogP contribution in [-0.2, 0) is 0 Å². The monoisotopic (exact) mass is 276 g/mol. The van der Waals surface area contributed by atoms with Crippen LogP contribution in [0.1, 0.15) is 40.5 Å². The molecule has 0 amide bonds. The van der Waals surface area contributed by atoms with Crippen molar-refractivity contribution in [3.05, 3.63) is 11.8 Å². The van der Waals surface area contributed by atoms with Gasteiger partial charge in [0.1, 0.15) is 5.71 Å². The van der Waals surface area contributed by atoms with E-state index in [9.17, 15) is 13.2 Å². The Bertz CT molecular complexity index is 348. The molecule has 0 heterocycles. The quantitative estimate of drug-likeness (QED) is 0.744. The van der Waals surface area contributed by atoms with E-state index in [1.54, 1.807) is 0 Å². The van der Waals surface area contributed by atoms with Crippen molar-refractivity contribution in [1.82, 2.24) is 5.32 Å². The van der Waals surface area contributed by atoms with Crippen LogP contribution in [0.2, 0.25) is 0 Å². The van der Waals surface area contributed by atoms with Crippen LogP contribution in [0.3, 0.4) is 0 Å².